The minimum Gasteiger partial charge on any atom is -0.398 e. The first-order chi connectivity index (χ1) is 10.1. The molecule has 1 aromatic heterocycles. The van der Waals surface area contributed by atoms with Gasteiger partial charge in [-0.05, 0) is 35.9 Å². The molecule has 0 bridgehead atoms. The Morgan fingerprint density at radius 1 is 1.14 bits per heavy atom. The summed E-state index contributed by atoms with van der Waals surface area (Å²) in [5.74, 6) is -0.0273. The van der Waals surface area contributed by atoms with Crippen molar-refractivity contribution in [3.8, 4) is 0 Å². The number of aromatic nitrogens is 1. The quantitative estimate of drug-likeness (QED) is 0.589. The molecule has 0 spiro atoms. The van der Waals surface area contributed by atoms with Gasteiger partial charge in [0.25, 0.3) is 0 Å². The fourth-order valence-electron chi connectivity index (χ4n) is 2.36. The number of para-hydroxylation sites is 1. The van der Waals surface area contributed by atoms with E-state index in [4.69, 9.17) is 17.3 Å². The molecular formula is C17H13ClN2O. The second-order valence-electron chi connectivity index (χ2n) is 4.82. The number of hydrogen-bond donors (Lipinski definition) is 1. The number of rotatable bonds is 3. The highest BCUT2D eigenvalue weighted by Gasteiger charge is 2.12. The first-order valence-electron chi connectivity index (χ1n) is 6.56. The highest BCUT2D eigenvalue weighted by molar-refractivity contribution is 6.31. The summed E-state index contributed by atoms with van der Waals surface area (Å²) < 4.78 is 0. The zero-order valence-electron chi connectivity index (χ0n) is 11.2. The van der Waals surface area contributed by atoms with Crippen LogP contribution in [0.3, 0.4) is 0 Å². The topological polar surface area (TPSA) is 56.0 Å². The first-order valence-corrected chi connectivity index (χ1v) is 6.94. The molecule has 0 saturated carbocycles. The van der Waals surface area contributed by atoms with Crippen LogP contribution in [0, 0.1) is 0 Å². The number of nitrogens with two attached hydrogens (primary N) is 1. The molecule has 3 rings (SSSR count). The molecule has 0 atom stereocenters. The standard InChI is InChI=1S/C17H13ClN2O/c18-12-5-6-14(15(19)10-12)17(21)9-11-7-8-20-16-4-2-1-3-13(11)16/h1-8,10H,9,19H2. The zero-order valence-corrected chi connectivity index (χ0v) is 12.0. The van der Waals surface area contributed by atoms with Gasteiger partial charge in [0.2, 0.25) is 0 Å². The summed E-state index contributed by atoms with van der Waals surface area (Å²) in [4.78, 5) is 16.7. The van der Waals surface area contributed by atoms with Gasteiger partial charge in [-0.1, -0.05) is 29.8 Å². The lowest BCUT2D eigenvalue weighted by Gasteiger charge is -2.07. The van der Waals surface area contributed by atoms with E-state index in [1.165, 1.54) is 0 Å². The lowest BCUT2D eigenvalue weighted by Crippen LogP contribution is -2.07. The van der Waals surface area contributed by atoms with E-state index in [9.17, 15) is 4.79 Å². The van der Waals surface area contributed by atoms with Crippen LogP contribution in [0.1, 0.15) is 15.9 Å². The van der Waals surface area contributed by atoms with E-state index in [2.05, 4.69) is 4.98 Å². The summed E-state index contributed by atoms with van der Waals surface area (Å²) in [5, 5.41) is 1.51. The second kappa shape index (κ2) is 5.54. The Hall–Kier alpha value is -2.39. The molecule has 4 heteroatoms. The van der Waals surface area contributed by atoms with Crippen molar-refractivity contribution in [2.75, 3.05) is 5.73 Å². The Labute approximate surface area is 127 Å². The maximum Gasteiger partial charge on any atom is 0.169 e. The Kier molecular flexibility index (Phi) is 3.59. The van der Waals surface area contributed by atoms with Gasteiger partial charge in [-0.2, -0.15) is 0 Å². The fraction of sp³-hybridized carbons (Fsp3) is 0.0588. The second-order valence-corrected chi connectivity index (χ2v) is 5.26. The number of anilines is 1. The maximum atomic E-state index is 12.4. The van der Waals surface area contributed by atoms with Crippen molar-refractivity contribution < 1.29 is 4.79 Å². The van der Waals surface area contributed by atoms with Crippen molar-refractivity contribution in [2.45, 2.75) is 6.42 Å². The average Bonchev–Trinajstić information content (AvgIpc) is 2.47. The van der Waals surface area contributed by atoms with Gasteiger partial charge in [-0.15, -0.1) is 0 Å². The van der Waals surface area contributed by atoms with E-state index in [1.54, 1.807) is 24.4 Å². The van der Waals surface area contributed by atoms with E-state index in [0.717, 1.165) is 16.5 Å². The van der Waals surface area contributed by atoms with Crippen LogP contribution in [0.15, 0.2) is 54.7 Å². The van der Waals surface area contributed by atoms with Gasteiger partial charge in [0.1, 0.15) is 0 Å². The van der Waals surface area contributed by atoms with Crippen molar-refractivity contribution >= 4 is 34.0 Å². The summed E-state index contributed by atoms with van der Waals surface area (Å²) in [6.45, 7) is 0. The number of Topliss-reactive ketones (excluding diaryl/α,β-unsaturated/α-hetero) is 1. The smallest absolute Gasteiger partial charge is 0.169 e. The summed E-state index contributed by atoms with van der Waals surface area (Å²) in [5.41, 5.74) is 8.61. The van der Waals surface area contributed by atoms with Crippen molar-refractivity contribution in [2.24, 2.45) is 0 Å². The lowest BCUT2D eigenvalue weighted by molar-refractivity contribution is 0.0994. The van der Waals surface area contributed by atoms with E-state index < -0.39 is 0 Å². The molecule has 0 fully saturated rings. The largest absolute Gasteiger partial charge is 0.398 e. The lowest BCUT2D eigenvalue weighted by atomic mass is 9.99. The van der Waals surface area contributed by atoms with Crippen LogP contribution in [0.4, 0.5) is 5.69 Å². The molecule has 2 aromatic carbocycles. The summed E-state index contributed by atoms with van der Waals surface area (Å²) in [6.07, 6.45) is 2.00. The maximum absolute atomic E-state index is 12.4. The molecule has 0 radical (unpaired) electrons. The highest BCUT2D eigenvalue weighted by atomic mass is 35.5. The van der Waals surface area contributed by atoms with Crippen LogP contribution in [-0.4, -0.2) is 10.8 Å². The molecular weight excluding hydrogens is 284 g/mol. The van der Waals surface area contributed by atoms with Gasteiger partial charge in [-0.3, -0.25) is 9.78 Å². The molecule has 0 saturated heterocycles. The van der Waals surface area contributed by atoms with Crippen LogP contribution in [0.25, 0.3) is 10.9 Å². The minimum atomic E-state index is -0.0273. The number of carbonyl (C=O) groups excluding carboxylic acids is 1. The van der Waals surface area contributed by atoms with Crippen LogP contribution < -0.4 is 5.73 Å². The number of ketones is 1. The fourth-order valence-corrected chi connectivity index (χ4v) is 2.55. The number of carbonyl (C=O) groups is 1. The predicted molar refractivity (Wildman–Crippen MR) is 85.6 cm³/mol. The normalized spacial score (nSPS) is 10.7. The molecule has 0 amide bonds. The number of pyridine rings is 1. The predicted octanol–water partition coefficient (Wildman–Crippen LogP) is 3.90. The number of hydrogen-bond acceptors (Lipinski definition) is 3. The van der Waals surface area contributed by atoms with Crippen molar-refractivity contribution in [3.05, 3.63) is 70.9 Å². The van der Waals surface area contributed by atoms with Gasteiger partial charge < -0.3 is 5.73 Å². The Balaban J connectivity index is 1.97. The molecule has 0 aliphatic heterocycles. The monoisotopic (exact) mass is 296 g/mol. The SMILES string of the molecule is Nc1cc(Cl)ccc1C(=O)Cc1ccnc2ccccc12. The number of nitrogens with zero attached hydrogens (tertiary/aromatic N) is 1. The molecule has 0 unspecified atom stereocenters. The van der Waals surface area contributed by atoms with Crippen LogP contribution in [0.2, 0.25) is 5.02 Å². The van der Waals surface area contributed by atoms with Gasteiger partial charge >= 0.3 is 0 Å². The molecule has 104 valence electrons. The molecule has 1 heterocycles. The van der Waals surface area contributed by atoms with Crippen molar-refractivity contribution in [1.29, 1.82) is 0 Å². The molecule has 2 N–H and O–H groups in total. The number of fused-ring (bicyclic) bond motifs is 1. The van der Waals surface area contributed by atoms with E-state index >= 15 is 0 Å². The van der Waals surface area contributed by atoms with Gasteiger partial charge in [-0.25, -0.2) is 0 Å². The van der Waals surface area contributed by atoms with E-state index in [1.807, 2.05) is 30.3 Å². The van der Waals surface area contributed by atoms with Gasteiger partial charge in [0.15, 0.2) is 5.78 Å². The minimum absolute atomic E-state index is 0.0273. The summed E-state index contributed by atoms with van der Waals surface area (Å²) in [6, 6.07) is 14.6. The van der Waals surface area contributed by atoms with Crippen LogP contribution in [0.5, 0.6) is 0 Å². The Morgan fingerprint density at radius 3 is 2.76 bits per heavy atom. The van der Waals surface area contributed by atoms with E-state index in [0.29, 0.717) is 16.3 Å². The van der Waals surface area contributed by atoms with E-state index in [-0.39, 0.29) is 12.2 Å². The molecule has 0 aliphatic rings. The number of nitrogen functional groups attached to an aromatic ring is 1. The molecule has 0 aliphatic carbocycles. The molecule has 3 nitrogen and oxygen atoms in total. The van der Waals surface area contributed by atoms with Crippen molar-refractivity contribution in [3.63, 3.8) is 0 Å². The third-order valence-electron chi connectivity index (χ3n) is 3.40. The highest BCUT2D eigenvalue weighted by Crippen LogP contribution is 2.22. The van der Waals surface area contributed by atoms with Gasteiger partial charge in [0.05, 0.1) is 5.52 Å². The third-order valence-corrected chi connectivity index (χ3v) is 3.64. The van der Waals surface area contributed by atoms with Crippen LogP contribution >= 0.6 is 11.6 Å². The average molecular weight is 297 g/mol. The molecule has 3 aromatic rings. The van der Waals surface area contributed by atoms with Gasteiger partial charge in [0, 0.05) is 34.3 Å². The first kappa shape index (κ1) is 13.6. The third kappa shape index (κ3) is 2.73. The summed E-state index contributed by atoms with van der Waals surface area (Å²) in [7, 11) is 0. The number of benzene rings is 2. The Morgan fingerprint density at radius 2 is 1.95 bits per heavy atom. The van der Waals surface area contributed by atoms with Crippen LogP contribution in [-0.2, 0) is 6.42 Å². The van der Waals surface area contributed by atoms with Crippen molar-refractivity contribution in [1.82, 2.24) is 4.98 Å². The zero-order chi connectivity index (χ0) is 14.8. The summed E-state index contributed by atoms with van der Waals surface area (Å²) >= 11 is 5.86. The number of halogens is 1. The molecule has 21 heavy (non-hydrogen) atoms. The Bertz CT molecular complexity index is 825.